The number of ether oxygens (including phenoxy) is 1. The quantitative estimate of drug-likeness (QED) is 0.378. The molecular weight excluding hydrogens is 511 g/mol. The van der Waals surface area contributed by atoms with Gasteiger partial charge in [-0.25, -0.2) is 13.1 Å². The van der Waals surface area contributed by atoms with Crippen LogP contribution in [0.25, 0.3) is 10.9 Å². The standard InChI is InChI=1S/C25H20Cl2N2O5S/c1-15-21(14-24(30)28-35(32,33)20-10-7-18(27)8-11-20)22-13-19(34-2)9-12-23(22)29(15)25(31)16-3-5-17(26)6-4-16/h3-13H,14H2,1-2H3,(H,28,30). The summed E-state index contributed by atoms with van der Waals surface area (Å²) in [7, 11) is -2.59. The summed E-state index contributed by atoms with van der Waals surface area (Å²) < 4.78 is 34.2. The molecule has 0 saturated carbocycles. The molecule has 10 heteroatoms. The zero-order valence-corrected chi connectivity index (χ0v) is 21.0. The number of carbonyl (C=O) groups is 2. The summed E-state index contributed by atoms with van der Waals surface area (Å²) in [6, 6.07) is 17.1. The lowest BCUT2D eigenvalue weighted by Gasteiger charge is -2.09. The summed E-state index contributed by atoms with van der Waals surface area (Å²) in [6.45, 7) is 1.70. The zero-order valence-electron chi connectivity index (χ0n) is 18.7. The Labute approximate surface area is 212 Å². The zero-order chi connectivity index (χ0) is 25.3. The fourth-order valence-electron chi connectivity index (χ4n) is 3.81. The number of nitrogens with zero attached hydrogens (tertiary/aromatic N) is 1. The third kappa shape index (κ3) is 5.05. The van der Waals surface area contributed by atoms with E-state index in [0.29, 0.717) is 43.5 Å². The number of nitrogens with one attached hydrogen (secondary N) is 1. The summed E-state index contributed by atoms with van der Waals surface area (Å²) in [6.07, 6.45) is -0.275. The molecule has 35 heavy (non-hydrogen) atoms. The normalized spacial score (nSPS) is 11.4. The number of methoxy groups -OCH3 is 1. The minimum Gasteiger partial charge on any atom is -0.497 e. The van der Waals surface area contributed by atoms with Crippen LogP contribution in [0.2, 0.25) is 10.0 Å². The number of fused-ring (bicyclic) bond motifs is 1. The van der Waals surface area contributed by atoms with Crippen molar-refractivity contribution in [1.29, 1.82) is 0 Å². The van der Waals surface area contributed by atoms with E-state index in [0.717, 1.165) is 0 Å². The van der Waals surface area contributed by atoms with Gasteiger partial charge in [-0.1, -0.05) is 23.2 Å². The van der Waals surface area contributed by atoms with E-state index in [4.69, 9.17) is 27.9 Å². The summed E-state index contributed by atoms with van der Waals surface area (Å²) in [5.74, 6) is -0.525. The van der Waals surface area contributed by atoms with Gasteiger partial charge in [0.1, 0.15) is 5.75 Å². The highest BCUT2D eigenvalue weighted by molar-refractivity contribution is 7.90. The van der Waals surface area contributed by atoms with Crippen molar-refractivity contribution in [3.05, 3.63) is 93.6 Å². The number of carbonyl (C=O) groups excluding carboxylic acids is 2. The molecule has 1 aromatic heterocycles. The van der Waals surface area contributed by atoms with Gasteiger partial charge in [-0.3, -0.25) is 14.2 Å². The molecule has 0 bridgehead atoms. The van der Waals surface area contributed by atoms with Gasteiger partial charge in [-0.2, -0.15) is 0 Å². The Kier molecular flexibility index (Phi) is 6.89. The maximum atomic E-state index is 13.4. The Morgan fingerprint density at radius 3 is 2.14 bits per heavy atom. The fraction of sp³-hybridized carbons (Fsp3) is 0.120. The third-order valence-corrected chi connectivity index (χ3v) is 7.44. The average molecular weight is 531 g/mol. The van der Waals surface area contributed by atoms with Gasteiger partial charge < -0.3 is 4.74 Å². The van der Waals surface area contributed by atoms with E-state index in [2.05, 4.69) is 4.72 Å². The highest BCUT2D eigenvalue weighted by Gasteiger charge is 2.24. The highest BCUT2D eigenvalue weighted by Crippen LogP contribution is 2.31. The van der Waals surface area contributed by atoms with Gasteiger partial charge in [0.05, 0.1) is 23.9 Å². The summed E-state index contributed by atoms with van der Waals surface area (Å²) >= 11 is 11.8. The molecule has 0 unspecified atom stereocenters. The van der Waals surface area contributed by atoms with Crippen LogP contribution in [0.5, 0.6) is 5.75 Å². The topological polar surface area (TPSA) is 94.5 Å². The van der Waals surface area contributed by atoms with Crippen molar-refractivity contribution >= 4 is 55.9 Å². The van der Waals surface area contributed by atoms with E-state index >= 15 is 0 Å². The second-order valence-electron chi connectivity index (χ2n) is 7.75. The number of benzene rings is 3. The van der Waals surface area contributed by atoms with Gasteiger partial charge in [0.15, 0.2) is 0 Å². The Morgan fingerprint density at radius 2 is 1.54 bits per heavy atom. The molecule has 0 atom stereocenters. The predicted molar refractivity (Wildman–Crippen MR) is 135 cm³/mol. The predicted octanol–water partition coefficient (Wildman–Crippen LogP) is 5.00. The maximum absolute atomic E-state index is 13.4. The van der Waals surface area contributed by atoms with E-state index in [1.165, 1.54) is 35.9 Å². The van der Waals surface area contributed by atoms with Crippen molar-refractivity contribution in [3.63, 3.8) is 0 Å². The minimum absolute atomic E-state index is 0.0889. The molecule has 0 aliphatic carbocycles. The van der Waals surface area contributed by atoms with Crippen molar-refractivity contribution in [2.45, 2.75) is 18.2 Å². The van der Waals surface area contributed by atoms with Crippen LogP contribution in [0.15, 0.2) is 71.6 Å². The van der Waals surface area contributed by atoms with Crippen LogP contribution in [-0.2, 0) is 21.2 Å². The Balaban J connectivity index is 1.73. The van der Waals surface area contributed by atoms with Crippen molar-refractivity contribution < 1.29 is 22.7 Å². The number of amides is 1. The number of hydrogen-bond acceptors (Lipinski definition) is 5. The van der Waals surface area contributed by atoms with Crippen LogP contribution in [0.4, 0.5) is 0 Å². The first-order valence-corrected chi connectivity index (χ1v) is 12.6. The molecule has 0 spiro atoms. The first-order valence-electron chi connectivity index (χ1n) is 10.4. The van der Waals surface area contributed by atoms with Crippen molar-refractivity contribution in [1.82, 2.24) is 9.29 Å². The molecule has 3 aromatic carbocycles. The maximum Gasteiger partial charge on any atom is 0.264 e. The van der Waals surface area contributed by atoms with E-state index in [-0.39, 0.29) is 17.2 Å². The van der Waals surface area contributed by atoms with Crippen LogP contribution in [0.1, 0.15) is 21.6 Å². The van der Waals surface area contributed by atoms with Gasteiger partial charge >= 0.3 is 0 Å². The largest absolute Gasteiger partial charge is 0.497 e. The van der Waals surface area contributed by atoms with Crippen LogP contribution < -0.4 is 9.46 Å². The molecule has 4 rings (SSSR count). The Bertz CT molecular complexity index is 1540. The van der Waals surface area contributed by atoms with Crippen LogP contribution in [-0.4, -0.2) is 31.9 Å². The van der Waals surface area contributed by atoms with Gasteiger partial charge in [0, 0.05) is 26.7 Å². The van der Waals surface area contributed by atoms with Crippen molar-refractivity contribution in [3.8, 4) is 5.75 Å². The van der Waals surface area contributed by atoms with Gasteiger partial charge in [-0.05, 0) is 79.2 Å². The number of rotatable bonds is 6. The van der Waals surface area contributed by atoms with Gasteiger partial charge in [0.2, 0.25) is 5.91 Å². The van der Waals surface area contributed by atoms with Gasteiger partial charge in [-0.15, -0.1) is 0 Å². The van der Waals surface area contributed by atoms with Gasteiger partial charge in [0.25, 0.3) is 15.9 Å². The summed E-state index contributed by atoms with van der Waals surface area (Å²) in [5, 5.41) is 1.47. The fourth-order valence-corrected chi connectivity index (χ4v) is 5.05. The monoisotopic (exact) mass is 530 g/mol. The van der Waals surface area contributed by atoms with E-state index in [1.54, 1.807) is 49.4 Å². The van der Waals surface area contributed by atoms with Crippen molar-refractivity contribution in [2.75, 3.05) is 7.11 Å². The number of hydrogen-bond donors (Lipinski definition) is 1. The SMILES string of the molecule is COc1ccc2c(c1)c(CC(=O)NS(=O)(=O)c1ccc(Cl)cc1)c(C)n2C(=O)c1ccc(Cl)cc1. The van der Waals surface area contributed by atoms with Crippen LogP contribution in [0, 0.1) is 6.92 Å². The molecular formula is C25H20Cl2N2O5S. The van der Waals surface area contributed by atoms with E-state index in [1.807, 2.05) is 0 Å². The number of halogens is 2. The Morgan fingerprint density at radius 1 is 0.943 bits per heavy atom. The molecule has 0 radical (unpaired) electrons. The second kappa shape index (κ2) is 9.73. The molecule has 4 aromatic rings. The lowest BCUT2D eigenvalue weighted by molar-refractivity contribution is -0.118. The third-order valence-electron chi connectivity index (χ3n) is 5.55. The lowest BCUT2D eigenvalue weighted by atomic mass is 10.1. The van der Waals surface area contributed by atoms with Crippen LogP contribution in [0.3, 0.4) is 0 Å². The first-order chi connectivity index (χ1) is 16.6. The first kappa shape index (κ1) is 24.8. The second-order valence-corrected chi connectivity index (χ2v) is 10.3. The molecule has 1 N–H and O–H groups in total. The van der Waals surface area contributed by atoms with E-state index in [9.17, 15) is 18.0 Å². The molecule has 0 saturated heterocycles. The molecule has 1 amide bonds. The highest BCUT2D eigenvalue weighted by atomic mass is 35.5. The smallest absolute Gasteiger partial charge is 0.264 e. The molecule has 0 fully saturated rings. The molecule has 0 aliphatic rings. The van der Waals surface area contributed by atoms with Crippen molar-refractivity contribution in [2.24, 2.45) is 0 Å². The average Bonchev–Trinajstić information content (AvgIpc) is 3.09. The van der Waals surface area contributed by atoms with E-state index < -0.39 is 15.9 Å². The van der Waals surface area contributed by atoms with Crippen LogP contribution >= 0.6 is 23.2 Å². The Hall–Kier alpha value is -3.33. The minimum atomic E-state index is -4.10. The number of sulfonamides is 1. The molecule has 180 valence electrons. The lowest BCUT2D eigenvalue weighted by Crippen LogP contribution is -2.32. The molecule has 7 nitrogen and oxygen atoms in total. The summed E-state index contributed by atoms with van der Waals surface area (Å²) in [4.78, 5) is 26.1. The number of aromatic nitrogens is 1. The summed E-state index contributed by atoms with van der Waals surface area (Å²) in [5.41, 5.74) is 1.98. The molecule has 1 heterocycles. The molecule has 0 aliphatic heterocycles.